The van der Waals surface area contributed by atoms with E-state index in [1.807, 2.05) is 37.3 Å². The summed E-state index contributed by atoms with van der Waals surface area (Å²) in [5.74, 6) is -1.60. The summed E-state index contributed by atoms with van der Waals surface area (Å²) in [5, 5.41) is 0.507. The number of hydrogen-bond donors (Lipinski definition) is 0. The first kappa shape index (κ1) is 16.6. The van der Waals surface area contributed by atoms with Crippen LogP contribution in [0.5, 0.6) is 0 Å². The summed E-state index contributed by atoms with van der Waals surface area (Å²) in [7, 11) is 0. The van der Waals surface area contributed by atoms with Gasteiger partial charge in [0.15, 0.2) is 0 Å². The fourth-order valence-electron chi connectivity index (χ4n) is 4.06. The average molecular weight is 362 g/mol. The van der Waals surface area contributed by atoms with E-state index in [2.05, 4.69) is 0 Å². The van der Waals surface area contributed by atoms with Crippen molar-refractivity contribution in [2.24, 2.45) is 11.8 Å². The Labute approximate surface area is 151 Å². The predicted molar refractivity (Wildman–Crippen MR) is 93.4 cm³/mol. The summed E-state index contributed by atoms with van der Waals surface area (Å²) in [6.45, 7) is 2.78. The van der Waals surface area contributed by atoms with E-state index in [4.69, 9.17) is 21.1 Å². The third-order valence-electron chi connectivity index (χ3n) is 5.26. The molecule has 2 unspecified atom stereocenters. The highest BCUT2D eigenvalue weighted by Gasteiger charge is 2.67. The van der Waals surface area contributed by atoms with E-state index in [1.165, 1.54) is 0 Å². The van der Waals surface area contributed by atoms with Crippen LogP contribution in [-0.4, -0.2) is 36.7 Å². The minimum absolute atomic E-state index is 0.127. The lowest BCUT2D eigenvalue weighted by Gasteiger charge is -2.22. The number of ether oxygens (including phenoxy) is 2. The summed E-state index contributed by atoms with van der Waals surface area (Å²) in [4.78, 5) is 27.3. The molecule has 3 aliphatic heterocycles. The number of carbonyl (C=O) groups is 2. The van der Waals surface area contributed by atoms with Gasteiger partial charge in [0.25, 0.3) is 0 Å². The second-order valence-electron chi connectivity index (χ2n) is 6.80. The molecular weight excluding hydrogens is 342 g/mol. The molecule has 4 rings (SSSR count). The van der Waals surface area contributed by atoms with Crippen molar-refractivity contribution >= 4 is 29.2 Å². The fourth-order valence-corrected chi connectivity index (χ4v) is 4.29. The number of amides is 1. The molecule has 6 heteroatoms. The average Bonchev–Trinajstić information content (AvgIpc) is 3.24. The lowest BCUT2D eigenvalue weighted by atomic mass is 9.77. The highest BCUT2D eigenvalue weighted by Crippen LogP contribution is 2.53. The Morgan fingerprint density at radius 1 is 1.44 bits per heavy atom. The van der Waals surface area contributed by atoms with Gasteiger partial charge in [-0.25, -0.2) is 0 Å². The normalized spacial score (nSPS) is 32.3. The zero-order chi connectivity index (χ0) is 17.6. The summed E-state index contributed by atoms with van der Waals surface area (Å²) < 4.78 is 11.5. The smallest absolute Gasteiger partial charge is 0.312 e. The fraction of sp³-hybridized carbons (Fsp3) is 0.474. The van der Waals surface area contributed by atoms with Crippen molar-refractivity contribution in [3.8, 4) is 0 Å². The summed E-state index contributed by atoms with van der Waals surface area (Å²) in [5.41, 5.74) is -0.105. The molecule has 132 valence electrons. The molecule has 4 atom stereocenters. The molecule has 1 aromatic rings. The second kappa shape index (κ2) is 6.15. The van der Waals surface area contributed by atoms with Gasteiger partial charge in [0, 0.05) is 0 Å². The summed E-state index contributed by atoms with van der Waals surface area (Å²) >= 11 is 6.26. The van der Waals surface area contributed by atoms with Gasteiger partial charge in [-0.1, -0.05) is 49.2 Å². The van der Waals surface area contributed by atoms with Crippen molar-refractivity contribution in [3.63, 3.8) is 0 Å². The molecule has 1 spiro atoms. The number of anilines is 1. The van der Waals surface area contributed by atoms with Crippen LogP contribution in [0.15, 0.2) is 36.4 Å². The van der Waals surface area contributed by atoms with Crippen molar-refractivity contribution < 1.29 is 19.1 Å². The maximum absolute atomic E-state index is 13.1. The first-order chi connectivity index (χ1) is 12.1. The Kier molecular flexibility index (Phi) is 4.08. The molecule has 3 heterocycles. The Hall–Kier alpha value is -1.85. The number of nitrogens with zero attached hydrogens (tertiary/aromatic N) is 1. The van der Waals surface area contributed by atoms with Gasteiger partial charge in [0.2, 0.25) is 5.91 Å². The molecular formula is C19H20ClNO4. The van der Waals surface area contributed by atoms with E-state index in [0.29, 0.717) is 23.9 Å². The molecule has 5 nitrogen and oxygen atoms in total. The second-order valence-corrected chi connectivity index (χ2v) is 7.20. The first-order valence-electron chi connectivity index (χ1n) is 8.67. The maximum Gasteiger partial charge on any atom is 0.312 e. The van der Waals surface area contributed by atoms with Crippen LogP contribution < -0.4 is 4.90 Å². The van der Waals surface area contributed by atoms with Crippen LogP contribution in [0.4, 0.5) is 5.69 Å². The van der Waals surface area contributed by atoms with E-state index < -0.39 is 17.4 Å². The van der Waals surface area contributed by atoms with Crippen LogP contribution in [0, 0.1) is 11.8 Å². The molecule has 2 fully saturated rings. The molecule has 1 amide bonds. The van der Waals surface area contributed by atoms with Gasteiger partial charge in [-0.3, -0.25) is 9.59 Å². The van der Waals surface area contributed by atoms with Gasteiger partial charge < -0.3 is 14.4 Å². The van der Waals surface area contributed by atoms with Crippen molar-refractivity contribution in [1.82, 2.24) is 0 Å². The van der Waals surface area contributed by atoms with Crippen molar-refractivity contribution in [3.05, 3.63) is 41.4 Å². The number of benzene rings is 1. The maximum atomic E-state index is 13.1. The quantitative estimate of drug-likeness (QED) is 0.459. The Bertz CT molecular complexity index is 749. The van der Waals surface area contributed by atoms with Crippen LogP contribution in [-0.2, 0) is 19.1 Å². The molecule has 0 N–H and O–H groups in total. The zero-order valence-corrected chi connectivity index (χ0v) is 14.7. The van der Waals surface area contributed by atoms with Crippen LogP contribution in [0.1, 0.15) is 19.8 Å². The predicted octanol–water partition coefficient (Wildman–Crippen LogP) is 2.97. The number of para-hydroxylation sites is 1. The van der Waals surface area contributed by atoms with E-state index in [1.54, 1.807) is 11.0 Å². The Morgan fingerprint density at radius 3 is 3.00 bits per heavy atom. The topological polar surface area (TPSA) is 55.8 Å². The van der Waals surface area contributed by atoms with Gasteiger partial charge >= 0.3 is 5.97 Å². The monoisotopic (exact) mass is 361 g/mol. The largest absolute Gasteiger partial charge is 0.465 e. The van der Waals surface area contributed by atoms with Crippen LogP contribution in [0.25, 0.3) is 0 Å². The summed E-state index contributed by atoms with van der Waals surface area (Å²) in [6, 6.07) is 7.22. The minimum Gasteiger partial charge on any atom is -0.465 e. The summed E-state index contributed by atoms with van der Waals surface area (Å²) in [6.07, 6.45) is 5.19. The molecule has 2 saturated heterocycles. The van der Waals surface area contributed by atoms with E-state index in [9.17, 15) is 9.59 Å². The lowest BCUT2D eigenvalue weighted by Crippen LogP contribution is -2.40. The van der Waals surface area contributed by atoms with E-state index in [0.717, 1.165) is 12.8 Å². The van der Waals surface area contributed by atoms with Crippen molar-refractivity contribution in [1.29, 1.82) is 0 Å². The molecule has 1 aromatic carbocycles. The first-order valence-corrected chi connectivity index (χ1v) is 9.05. The van der Waals surface area contributed by atoms with Crippen LogP contribution in [0.2, 0.25) is 5.02 Å². The molecule has 0 saturated carbocycles. The molecule has 3 aliphatic rings. The number of carbonyl (C=O) groups excluding carboxylic acids is 2. The molecule has 0 radical (unpaired) electrons. The molecule has 0 aromatic heterocycles. The third-order valence-corrected chi connectivity index (χ3v) is 5.58. The van der Waals surface area contributed by atoms with Gasteiger partial charge in [-0.05, 0) is 18.6 Å². The SMILES string of the molecule is CCCCOC(=O)C1[C@@H]2C=CC3(CN(c4ccccc4Cl)C(=O)[C@H]13)O2. The van der Waals surface area contributed by atoms with Crippen LogP contribution >= 0.6 is 11.6 Å². The number of fused-ring (bicyclic) bond motifs is 1. The standard InChI is InChI=1S/C19H20ClNO4/c1-2-3-10-24-18(23)15-14-8-9-19(25-14)11-21(17(22)16(15)19)13-7-5-4-6-12(13)20/h4-9,14-16H,2-3,10-11H2,1H3/t14-,15?,16-,19?/m0/s1. The Balaban J connectivity index is 1.61. The number of esters is 1. The van der Waals surface area contributed by atoms with Crippen molar-refractivity contribution in [2.45, 2.75) is 31.5 Å². The van der Waals surface area contributed by atoms with E-state index >= 15 is 0 Å². The van der Waals surface area contributed by atoms with E-state index in [-0.39, 0.29) is 18.0 Å². The molecule has 25 heavy (non-hydrogen) atoms. The zero-order valence-electron chi connectivity index (χ0n) is 14.0. The highest BCUT2D eigenvalue weighted by molar-refractivity contribution is 6.34. The van der Waals surface area contributed by atoms with Crippen LogP contribution in [0.3, 0.4) is 0 Å². The van der Waals surface area contributed by atoms with Gasteiger partial charge in [-0.2, -0.15) is 0 Å². The molecule has 0 aliphatic carbocycles. The third kappa shape index (κ3) is 2.49. The van der Waals surface area contributed by atoms with Gasteiger partial charge in [-0.15, -0.1) is 0 Å². The van der Waals surface area contributed by atoms with Crippen molar-refractivity contribution in [2.75, 3.05) is 18.1 Å². The number of rotatable bonds is 5. The van der Waals surface area contributed by atoms with Gasteiger partial charge in [0.1, 0.15) is 11.5 Å². The number of unbranched alkanes of at least 4 members (excludes halogenated alkanes) is 1. The highest BCUT2D eigenvalue weighted by atomic mass is 35.5. The number of halogens is 1. The van der Waals surface area contributed by atoms with Gasteiger partial charge in [0.05, 0.1) is 35.9 Å². The lowest BCUT2D eigenvalue weighted by molar-refractivity contribution is -0.152. The number of hydrogen-bond acceptors (Lipinski definition) is 4. The molecule has 2 bridgehead atoms. The Morgan fingerprint density at radius 2 is 2.24 bits per heavy atom. The minimum atomic E-state index is -0.755.